The van der Waals surface area contributed by atoms with Crippen molar-refractivity contribution in [2.24, 2.45) is 0 Å². The topological polar surface area (TPSA) is 152 Å². The van der Waals surface area contributed by atoms with Crippen molar-refractivity contribution < 1.29 is 67.9 Å². The molecule has 0 aliphatic heterocycles. The van der Waals surface area contributed by atoms with Gasteiger partial charge in [0.2, 0.25) is 23.6 Å². The molecule has 0 spiro atoms. The molecule has 2 aromatic heterocycles. The van der Waals surface area contributed by atoms with E-state index in [-0.39, 0.29) is 51.1 Å². The average Bonchev–Trinajstić information content (AvgIpc) is 3.50. The first-order valence-corrected chi connectivity index (χ1v) is 13.1. The van der Waals surface area contributed by atoms with Gasteiger partial charge in [-0.1, -0.05) is 39.3 Å². The molecule has 2 unspecified atom stereocenters. The number of hydrogen-bond donors (Lipinski definition) is 2. The second-order valence-corrected chi connectivity index (χ2v) is 9.76. The van der Waals surface area contributed by atoms with Crippen LogP contribution in [-0.2, 0) is 34.8 Å². The van der Waals surface area contributed by atoms with Crippen LogP contribution in [0.25, 0.3) is 0 Å². The predicted molar refractivity (Wildman–Crippen MR) is 133 cm³/mol. The first-order chi connectivity index (χ1) is 19.0. The molecule has 0 saturated carbocycles. The van der Waals surface area contributed by atoms with E-state index in [0.29, 0.717) is 0 Å². The van der Waals surface area contributed by atoms with Gasteiger partial charge < -0.3 is 19.0 Å². The van der Waals surface area contributed by atoms with Crippen molar-refractivity contribution in [3.63, 3.8) is 0 Å². The number of rotatable bonds is 4. The van der Waals surface area contributed by atoms with Crippen molar-refractivity contribution in [2.75, 3.05) is 0 Å². The minimum atomic E-state index is -4.50. The molecule has 4 rings (SSSR count). The number of nitrogens with zero attached hydrogens (tertiary/aromatic N) is 4. The Bertz CT molecular complexity index is 1400. The Morgan fingerprint density at radius 2 is 1.00 bits per heavy atom. The monoisotopic (exact) mass is 775 g/mol. The molecule has 2 N–H and O–H groups in total. The summed E-state index contributed by atoms with van der Waals surface area (Å²) in [6, 6.07) is 6.26. The zero-order chi connectivity index (χ0) is 31.1. The maximum atomic E-state index is 12.7. The van der Waals surface area contributed by atoms with Gasteiger partial charge in [-0.25, -0.2) is 0 Å². The Balaban J connectivity index is 0.000000376. The van der Waals surface area contributed by atoms with Gasteiger partial charge in [-0.3, -0.25) is 0 Å². The van der Waals surface area contributed by atoms with Crippen LogP contribution >= 0.6 is 31.9 Å². The molecular formula is C23H20Br2F6MnN4O6. The summed E-state index contributed by atoms with van der Waals surface area (Å²) in [4.78, 5) is 0. The SMILES string of the molecule is C.Cc1nnc(C(O)c2cc(Br)cc(C(F)(F)F)c2)o1.Cc1nnc(C(O)c2cc(Br)cc(C(F)(F)F)c2)o1.[O]=[Mn]=[O]. The van der Waals surface area contributed by atoms with Crippen molar-refractivity contribution in [3.8, 4) is 0 Å². The maximum absolute atomic E-state index is 12.7. The van der Waals surface area contributed by atoms with Crippen LogP contribution in [0.15, 0.2) is 54.2 Å². The molecule has 2 heterocycles. The number of halogens is 8. The first-order valence-electron chi connectivity index (χ1n) is 10.6. The molecule has 0 radical (unpaired) electrons. The summed E-state index contributed by atoms with van der Waals surface area (Å²) in [5.41, 5.74) is -1.70. The van der Waals surface area contributed by atoms with E-state index in [0.717, 1.165) is 24.3 Å². The summed E-state index contributed by atoms with van der Waals surface area (Å²) in [5.74, 6) is 0.146. The molecule has 4 aromatic rings. The van der Waals surface area contributed by atoms with Gasteiger partial charge in [-0.15, -0.1) is 20.4 Å². The molecule has 10 nitrogen and oxygen atoms in total. The van der Waals surface area contributed by atoms with Gasteiger partial charge >= 0.3 is 34.8 Å². The van der Waals surface area contributed by atoms with Crippen LogP contribution in [0.5, 0.6) is 0 Å². The number of hydrogen-bond acceptors (Lipinski definition) is 10. The molecule has 0 aliphatic rings. The van der Waals surface area contributed by atoms with E-state index in [1.54, 1.807) is 0 Å². The third-order valence-electron chi connectivity index (χ3n) is 4.68. The second kappa shape index (κ2) is 15.7. The van der Waals surface area contributed by atoms with Crippen molar-refractivity contribution in [1.82, 2.24) is 20.4 Å². The van der Waals surface area contributed by atoms with Crippen LogP contribution in [0.1, 0.15) is 65.5 Å². The number of alkyl halides is 6. The molecule has 2 aromatic carbocycles. The number of aliphatic hydroxyl groups excluding tert-OH is 2. The third-order valence-corrected chi connectivity index (χ3v) is 5.59. The fourth-order valence-corrected chi connectivity index (χ4v) is 4.02. The quantitative estimate of drug-likeness (QED) is 0.166. The van der Waals surface area contributed by atoms with Gasteiger partial charge in [0.05, 0.1) is 11.1 Å². The van der Waals surface area contributed by atoms with E-state index < -0.39 is 50.5 Å². The van der Waals surface area contributed by atoms with E-state index in [4.69, 9.17) is 16.5 Å². The van der Waals surface area contributed by atoms with E-state index in [1.165, 1.54) is 26.0 Å². The van der Waals surface area contributed by atoms with Gasteiger partial charge in [0.1, 0.15) is 0 Å². The van der Waals surface area contributed by atoms with Crippen LogP contribution in [0.4, 0.5) is 26.3 Å². The van der Waals surface area contributed by atoms with E-state index in [1.807, 2.05) is 0 Å². The molecule has 0 fully saturated rings. The van der Waals surface area contributed by atoms with Gasteiger partial charge in [-0.05, 0) is 47.5 Å². The van der Waals surface area contributed by atoms with Gasteiger partial charge in [0.25, 0.3) is 0 Å². The summed E-state index contributed by atoms with van der Waals surface area (Å²) in [6.07, 6.45) is -11.8. The summed E-state index contributed by atoms with van der Waals surface area (Å²) in [6.45, 7) is 3.04. The second-order valence-electron chi connectivity index (χ2n) is 7.73. The molecule has 0 bridgehead atoms. The molecule has 0 amide bonds. The van der Waals surface area contributed by atoms with Crippen LogP contribution in [0.2, 0.25) is 0 Å². The Morgan fingerprint density at radius 3 is 1.24 bits per heavy atom. The van der Waals surface area contributed by atoms with Crippen LogP contribution < -0.4 is 0 Å². The molecule has 231 valence electrons. The number of aliphatic hydroxyl groups is 2. The summed E-state index contributed by atoms with van der Waals surface area (Å²) < 4.78 is 103. The molecule has 2 atom stereocenters. The average molecular weight is 777 g/mol. The van der Waals surface area contributed by atoms with E-state index >= 15 is 0 Å². The van der Waals surface area contributed by atoms with Crippen molar-refractivity contribution in [2.45, 2.75) is 45.8 Å². The van der Waals surface area contributed by atoms with Crippen LogP contribution in [0, 0.1) is 13.8 Å². The minimum absolute atomic E-state index is 0. The Morgan fingerprint density at radius 1 is 0.690 bits per heavy atom. The van der Waals surface area contributed by atoms with Crippen LogP contribution in [0.3, 0.4) is 0 Å². The van der Waals surface area contributed by atoms with Crippen molar-refractivity contribution >= 4 is 31.9 Å². The Kier molecular flexibility index (Phi) is 13.9. The zero-order valence-corrected chi connectivity index (χ0v) is 24.7. The normalized spacial score (nSPS) is 12.6. The zero-order valence-electron chi connectivity index (χ0n) is 20.3. The van der Waals surface area contributed by atoms with E-state index in [9.17, 15) is 36.6 Å². The van der Waals surface area contributed by atoms with Crippen molar-refractivity contribution in [3.05, 3.63) is 91.2 Å². The van der Waals surface area contributed by atoms with Gasteiger partial charge in [0.15, 0.2) is 12.2 Å². The number of aryl methyl sites for hydroxylation is 2. The molecule has 19 heteroatoms. The number of benzene rings is 2. The summed E-state index contributed by atoms with van der Waals surface area (Å²) in [5, 5.41) is 34.1. The van der Waals surface area contributed by atoms with Crippen molar-refractivity contribution in [1.29, 1.82) is 0 Å². The third kappa shape index (κ3) is 10.9. The van der Waals surface area contributed by atoms with Crippen LogP contribution in [-0.4, -0.2) is 30.6 Å². The molecule has 0 aliphatic carbocycles. The first kappa shape index (κ1) is 37.3. The van der Waals surface area contributed by atoms with Gasteiger partial charge in [0, 0.05) is 22.8 Å². The predicted octanol–water partition coefficient (Wildman–Crippen LogP) is 6.88. The fourth-order valence-electron chi connectivity index (χ4n) is 3.00. The van der Waals surface area contributed by atoms with Gasteiger partial charge in [-0.2, -0.15) is 26.3 Å². The Labute approximate surface area is 256 Å². The number of aromatic nitrogens is 4. The summed E-state index contributed by atoms with van der Waals surface area (Å²) in [7, 11) is 0. The molecule has 0 saturated heterocycles. The van der Waals surface area contributed by atoms with E-state index in [2.05, 4.69) is 52.3 Å². The summed E-state index contributed by atoms with van der Waals surface area (Å²) >= 11 is 4.51. The Hall–Kier alpha value is -2.70. The standard InChI is InChI=1S/2C11H8BrF3N2O2.CH4.Mn.2O/c2*1-5-16-17-10(19-5)9(18)6-2-7(11(13,14)15)4-8(12)3-6;;;;/h2*2-4,9,18H,1H3;1H4;;;. The fraction of sp³-hybridized carbons (Fsp3) is 0.304. The molecular weight excluding hydrogens is 757 g/mol. The molecule has 42 heavy (non-hydrogen) atoms.